The van der Waals surface area contributed by atoms with Crippen molar-refractivity contribution in [1.82, 2.24) is 4.90 Å². The molecule has 0 spiro atoms. The predicted octanol–water partition coefficient (Wildman–Crippen LogP) is 4.22. The molecule has 0 aromatic heterocycles. The number of carbonyl (C=O) groups excluding carboxylic acids is 1. The second-order valence-electron chi connectivity index (χ2n) is 7.57. The van der Waals surface area contributed by atoms with Crippen LogP contribution in [0.4, 0.5) is 11.4 Å². The lowest BCUT2D eigenvalue weighted by atomic mass is 10.0. The second-order valence-corrected chi connectivity index (χ2v) is 7.57. The summed E-state index contributed by atoms with van der Waals surface area (Å²) in [6, 6.07) is 11.4. The average Bonchev–Trinajstić information content (AvgIpc) is 3.09. The van der Waals surface area contributed by atoms with Crippen molar-refractivity contribution in [2.45, 2.75) is 19.8 Å². The molecule has 0 saturated carbocycles. The summed E-state index contributed by atoms with van der Waals surface area (Å²) < 4.78 is 16.6. The van der Waals surface area contributed by atoms with Crippen molar-refractivity contribution in [3.05, 3.63) is 47.7 Å². The lowest BCUT2D eigenvalue weighted by Gasteiger charge is -2.14. The predicted molar refractivity (Wildman–Crippen MR) is 124 cm³/mol. The molecule has 1 heterocycles. The van der Waals surface area contributed by atoms with E-state index in [1.54, 1.807) is 20.3 Å². The third-order valence-electron chi connectivity index (χ3n) is 5.09. The van der Waals surface area contributed by atoms with E-state index in [0.717, 1.165) is 35.7 Å². The molecule has 0 unspecified atom stereocenters. The average molecular weight is 426 g/mol. The number of rotatable bonds is 10. The van der Waals surface area contributed by atoms with Crippen LogP contribution in [0.2, 0.25) is 0 Å². The van der Waals surface area contributed by atoms with E-state index in [2.05, 4.69) is 29.6 Å². The maximum Gasteiger partial charge on any atom is 0.258 e. The topological polar surface area (TPSA) is 72.1 Å². The third kappa shape index (κ3) is 5.30. The minimum Gasteiger partial charge on any atom is -0.494 e. The maximum atomic E-state index is 12.8. The number of benzene rings is 2. The van der Waals surface area contributed by atoms with Crippen LogP contribution >= 0.6 is 0 Å². The Morgan fingerprint density at radius 2 is 1.74 bits per heavy atom. The first-order valence-electron chi connectivity index (χ1n) is 10.4. The molecule has 0 aliphatic carbocycles. The van der Waals surface area contributed by atoms with Gasteiger partial charge in [-0.3, -0.25) is 4.79 Å². The molecule has 1 aliphatic heterocycles. The normalized spacial score (nSPS) is 14.2. The van der Waals surface area contributed by atoms with Crippen LogP contribution in [0.5, 0.6) is 17.2 Å². The third-order valence-corrected chi connectivity index (χ3v) is 5.09. The molecule has 0 atom stereocenters. The molecule has 2 aromatic carbocycles. The first-order valence-corrected chi connectivity index (χ1v) is 10.4. The molecule has 0 radical (unpaired) electrons. The molecule has 1 amide bonds. The summed E-state index contributed by atoms with van der Waals surface area (Å²) in [7, 11) is 7.26. The molecule has 0 bridgehead atoms. The number of anilines is 2. The minimum atomic E-state index is -0.143. The van der Waals surface area contributed by atoms with Crippen molar-refractivity contribution >= 4 is 22.9 Å². The van der Waals surface area contributed by atoms with Gasteiger partial charge in [0.25, 0.3) is 5.91 Å². The van der Waals surface area contributed by atoms with Gasteiger partial charge in [-0.2, -0.15) is 0 Å². The zero-order valence-electron chi connectivity index (χ0n) is 18.9. The van der Waals surface area contributed by atoms with Gasteiger partial charge in [0.15, 0.2) is 11.5 Å². The van der Waals surface area contributed by atoms with Gasteiger partial charge < -0.3 is 29.7 Å². The smallest absolute Gasteiger partial charge is 0.258 e. The number of amides is 1. The maximum absolute atomic E-state index is 12.8. The number of hydrogen-bond donors (Lipinski definition) is 2. The number of ether oxygens (including phenoxy) is 3. The van der Waals surface area contributed by atoms with E-state index in [0.29, 0.717) is 35.8 Å². The zero-order chi connectivity index (χ0) is 22.4. The van der Waals surface area contributed by atoms with E-state index in [1.807, 2.05) is 37.3 Å². The fourth-order valence-corrected chi connectivity index (χ4v) is 3.50. The van der Waals surface area contributed by atoms with E-state index in [4.69, 9.17) is 14.2 Å². The van der Waals surface area contributed by atoms with E-state index < -0.39 is 0 Å². The van der Waals surface area contributed by atoms with Crippen LogP contribution in [-0.4, -0.2) is 52.3 Å². The molecule has 7 nitrogen and oxygen atoms in total. The Morgan fingerprint density at radius 3 is 2.35 bits per heavy atom. The fourth-order valence-electron chi connectivity index (χ4n) is 3.50. The van der Waals surface area contributed by atoms with E-state index in [9.17, 15) is 4.79 Å². The number of fused-ring (bicyclic) bond motifs is 1. The highest BCUT2D eigenvalue weighted by Crippen LogP contribution is 2.42. The lowest BCUT2D eigenvalue weighted by Crippen LogP contribution is -2.15. The van der Waals surface area contributed by atoms with Gasteiger partial charge in [0, 0.05) is 29.6 Å². The van der Waals surface area contributed by atoms with Crippen molar-refractivity contribution in [2.24, 2.45) is 0 Å². The van der Waals surface area contributed by atoms with Crippen molar-refractivity contribution in [3.63, 3.8) is 0 Å². The standard InChI is InChI=1S/C24H31N3O4/c1-6-19(25-16-8-10-17(11-9-16)31-13-7-12-27(2)3)23-18-14-21(29-4)22(30-5)15-20(18)26-24(23)28/h8-11,14-15,25H,6-7,12-13H2,1-5H3,(H,26,28)/b23-19-. The minimum absolute atomic E-state index is 0.143. The number of carbonyl (C=O) groups is 1. The van der Waals surface area contributed by atoms with Gasteiger partial charge in [-0.15, -0.1) is 0 Å². The highest BCUT2D eigenvalue weighted by atomic mass is 16.5. The SMILES string of the molecule is CC/C(Nc1ccc(OCCCN(C)C)cc1)=C1/C(=O)Nc2cc(OC)c(OC)cc21. The zero-order valence-corrected chi connectivity index (χ0v) is 18.9. The van der Waals surface area contributed by atoms with Gasteiger partial charge in [0.05, 0.1) is 32.1 Å². The van der Waals surface area contributed by atoms with Crippen molar-refractivity contribution < 1.29 is 19.0 Å². The Morgan fingerprint density at radius 1 is 1.06 bits per heavy atom. The molecule has 7 heteroatoms. The van der Waals surface area contributed by atoms with Crippen LogP contribution < -0.4 is 24.8 Å². The summed E-state index contributed by atoms with van der Waals surface area (Å²) in [6.07, 6.45) is 1.64. The van der Waals surface area contributed by atoms with Crippen molar-refractivity contribution in [2.75, 3.05) is 52.1 Å². The van der Waals surface area contributed by atoms with E-state index >= 15 is 0 Å². The molecule has 1 aliphatic rings. The molecular weight excluding hydrogens is 394 g/mol. The van der Waals surface area contributed by atoms with Gasteiger partial charge in [0.2, 0.25) is 0 Å². The van der Waals surface area contributed by atoms with E-state index in [1.165, 1.54) is 0 Å². The molecule has 31 heavy (non-hydrogen) atoms. The van der Waals surface area contributed by atoms with Gasteiger partial charge in [-0.05, 0) is 57.3 Å². The Balaban J connectivity index is 1.79. The summed E-state index contributed by atoms with van der Waals surface area (Å²) >= 11 is 0. The highest BCUT2D eigenvalue weighted by molar-refractivity contribution is 6.32. The molecule has 3 rings (SSSR count). The molecule has 0 fully saturated rings. The molecule has 2 aromatic rings. The number of nitrogens with zero attached hydrogens (tertiary/aromatic N) is 1. The molecule has 0 saturated heterocycles. The first-order chi connectivity index (χ1) is 15.0. The van der Waals surface area contributed by atoms with Crippen LogP contribution in [0.15, 0.2) is 42.1 Å². The highest BCUT2D eigenvalue weighted by Gasteiger charge is 2.29. The quantitative estimate of drug-likeness (QED) is 0.439. The Bertz CT molecular complexity index is 952. The van der Waals surface area contributed by atoms with Crippen LogP contribution in [0, 0.1) is 0 Å². The number of methoxy groups -OCH3 is 2. The summed E-state index contributed by atoms with van der Waals surface area (Å²) in [5.41, 5.74) is 3.86. The molecule has 2 N–H and O–H groups in total. The summed E-state index contributed by atoms with van der Waals surface area (Å²) in [6.45, 7) is 3.69. The monoisotopic (exact) mass is 425 g/mol. The fraction of sp³-hybridized carbons (Fsp3) is 0.375. The summed E-state index contributed by atoms with van der Waals surface area (Å²) in [5.74, 6) is 1.85. The van der Waals surface area contributed by atoms with Crippen LogP contribution in [-0.2, 0) is 4.79 Å². The number of hydrogen-bond acceptors (Lipinski definition) is 6. The van der Waals surface area contributed by atoms with Gasteiger partial charge >= 0.3 is 0 Å². The summed E-state index contributed by atoms with van der Waals surface area (Å²) in [5, 5.41) is 6.33. The number of nitrogens with one attached hydrogen (secondary N) is 2. The largest absolute Gasteiger partial charge is 0.494 e. The molecular formula is C24H31N3O4. The first kappa shape index (κ1) is 22.5. The summed E-state index contributed by atoms with van der Waals surface area (Å²) in [4.78, 5) is 14.9. The Labute approximate surface area is 184 Å². The van der Waals surface area contributed by atoms with Gasteiger partial charge in [-0.25, -0.2) is 0 Å². The number of allylic oxidation sites excluding steroid dienone is 1. The molecule has 166 valence electrons. The lowest BCUT2D eigenvalue weighted by molar-refractivity contribution is -0.110. The van der Waals surface area contributed by atoms with Crippen LogP contribution in [0.1, 0.15) is 25.3 Å². The van der Waals surface area contributed by atoms with Gasteiger partial charge in [-0.1, -0.05) is 6.92 Å². The van der Waals surface area contributed by atoms with Gasteiger partial charge in [0.1, 0.15) is 5.75 Å². The van der Waals surface area contributed by atoms with Crippen LogP contribution in [0.3, 0.4) is 0 Å². The van der Waals surface area contributed by atoms with Crippen molar-refractivity contribution in [1.29, 1.82) is 0 Å². The Hall–Kier alpha value is -3.19. The van der Waals surface area contributed by atoms with E-state index in [-0.39, 0.29) is 5.91 Å². The van der Waals surface area contributed by atoms with Crippen molar-refractivity contribution in [3.8, 4) is 17.2 Å². The van der Waals surface area contributed by atoms with Crippen LogP contribution in [0.25, 0.3) is 5.57 Å². The second kappa shape index (κ2) is 10.2. The Kier molecular flexibility index (Phi) is 7.41.